The molecule has 0 aromatic heterocycles. The van der Waals surface area contributed by atoms with Gasteiger partial charge in [-0.15, -0.1) is 0 Å². The predicted molar refractivity (Wildman–Crippen MR) is 54.7 cm³/mol. The van der Waals surface area contributed by atoms with Crippen molar-refractivity contribution >= 4 is 5.78 Å². The zero-order valence-electron chi connectivity index (χ0n) is 8.81. The van der Waals surface area contributed by atoms with E-state index >= 15 is 0 Å². The van der Waals surface area contributed by atoms with Crippen LogP contribution in [-0.4, -0.2) is 17.0 Å². The number of hydrogen-bond donors (Lipinski definition) is 1. The average molecular weight is 194 g/mol. The van der Waals surface area contributed by atoms with Gasteiger partial charge < -0.3 is 5.11 Å². The van der Waals surface area contributed by atoms with Crippen LogP contribution in [0.1, 0.15) is 26.7 Å². The maximum atomic E-state index is 11.4. The molecule has 0 aromatic rings. The smallest absolute Gasteiger partial charge is 0.155 e. The Hall–Kier alpha value is -0.630. The van der Waals surface area contributed by atoms with Gasteiger partial charge in [-0.3, -0.25) is 4.79 Å². The first kappa shape index (κ1) is 9.91. The van der Waals surface area contributed by atoms with Crippen molar-refractivity contribution < 1.29 is 9.90 Å². The number of carbonyl (C=O) groups excluding carboxylic acids is 1. The zero-order valence-corrected chi connectivity index (χ0v) is 8.81. The quantitative estimate of drug-likeness (QED) is 0.638. The maximum absolute atomic E-state index is 11.4. The zero-order chi connectivity index (χ0) is 10.3. The summed E-state index contributed by atoms with van der Waals surface area (Å²) in [5.41, 5.74) is 0. The fraction of sp³-hybridized carbons (Fsp3) is 0.750. The lowest BCUT2D eigenvalue weighted by Gasteiger charge is -2.21. The average Bonchev–Trinajstić information content (AvgIpc) is 2.41. The van der Waals surface area contributed by atoms with Crippen molar-refractivity contribution in [2.45, 2.75) is 32.8 Å². The second-order valence-electron chi connectivity index (χ2n) is 4.90. The van der Waals surface area contributed by atoms with E-state index in [0.29, 0.717) is 30.1 Å². The molecule has 2 nitrogen and oxygen atoms in total. The molecule has 2 aliphatic carbocycles. The van der Waals surface area contributed by atoms with Crippen molar-refractivity contribution in [3.63, 3.8) is 0 Å². The molecule has 0 radical (unpaired) electrons. The third kappa shape index (κ3) is 1.52. The van der Waals surface area contributed by atoms with E-state index in [9.17, 15) is 9.90 Å². The van der Waals surface area contributed by atoms with Crippen molar-refractivity contribution in [2.75, 3.05) is 0 Å². The van der Waals surface area contributed by atoms with Crippen LogP contribution in [0.4, 0.5) is 0 Å². The third-order valence-corrected chi connectivity index (χ3v) is 4.20. The van der Waals surface area contributed by atoms with Crippen LogP contribution in [0.3, 0.4) is 0 Å². The predicted octanol–water partition coefficient (Wildman–Crippen LogP) is 1.78. The van der Waals surface area contributed by atoms with Crippen LogP contribution in [0.25, 0.3) is 0 Å². The molecule has 2 bridgehead atoms. The van der Waals surface area contributed by atoms with Crippen molar-refractivity contribution in [1.82, 2.24) is 0 Å². The highest BCUT2D eigenvalue weighted by Crippen LogP contribution is 2.45. The standard InChI is InChI=1S/C12H18O2/c1-7-8(2)11-6-9(7)5-10(13)3-4-12(11)14/h3-4,7-9,11-12,14H,5-6H2,1-2H3/b4-3-/t7-,8+,9?,11?,12?/m1/s1. The number of hydrogen-bond acceptors (Lipinski definition) is 2. The number of aliphatic hydroxyl groups excluding tert-OH is 1. The van der Waals surface area contributed by atoms with E-state index < -0.39 is 6.10 Å². The van der Waals surface area contributed by atoms with Crippen molar-refractivity contribution in [1.29, 1.82) is 0 Å². The van der Waals surface area contributed by atoms with E-state index in [1.165, 1.54) is 0 Å². The Morgan fingerprint density at radius 2 is 2.07 bits per heavy atom. The summed E-state index contributed by atoms with van der Waals surface area (Å²) in [6.45, 7) is 4.41. The number of ketones is 1. The Labute approximate surface area is 85.0 Å². The highest BCUT2D eigenvalue weighted by atomic mass is 16.3. The molecular weight excluding hydrogens is 176 g/mol. The number of carbonyl (C=O) groups is 1. The largest absolute Gasteiger partial charge is 0.389 e. The summed E-state index contributed by atoms with van der Waals surface area (Å²) in [6.07, 6.45) is 4.51. The Kier molecular flexibility index (Phi) is 2.48. The molecule has 0 aliphatic heterocycles. The van der Waals surface area contributed by atoms with E-state index in [-0.39, 0.29) is 5.78 Å². The molecule has 14 heavy (non-hydrogen) atoms. The van der Waals surface area contributed by atoms with Crippen LogP contribution in [0, 0.1) is 23.7 Å². The van der Waals surface area contributed by atoms with Crippen LogP contribution in [0.5, 0.6) is 0 Å². The van der Waals surface area contributed by atoms with E-state index in [1.54, 1.807) is 12.2 Å². The second kappa shape index (κ2) is 3.50. The minimum absolute atomic E-state index is 0.174. The fourth-order valence-corrected chi connectivity index (χ4v) is 2.99. The van der Waals surface area contributed by atoms with E-state index in [0.717, 1.165) is 6.42 Å². The van der Waals surface area contributed by atoms with Crippen molar-refractivity contribution in [3.8, 4) is 0 Å². The van der Waals surface area contributed by atoms with Gasteiger partial charge in [-0.1, -0.05) is 19.9 Å². The summed E-state index contributed by atoms with van der Waals surface area (Å²) in [4.78, 5) is 11.4. The summed E-state index contributed by atoms with van der Waals surface area (Å²) in [6, 6.07) is 0. The molecule has 1 fully saturated rings. The van der Waals surface area contributed by atoms with Crippen LogP contribution >= 0.6 is 0 Å². The van der Waals surface area contributed by atoms with Gasteiger partial charge in [0.1, 0.15) is 0 Å². The summed E-state index contributed by atoms with van der Waals surface area (Å²) in [5.74, 6) is 2.12. The lowest BCUT2D eigenvalue weighted by molar-refractivity contribution is -0.115. The fourth-order valence-electron chi connectivity index (χ4n) is 2.99. The Bertz CT molecular complexity index is 269. The van der Waals surface area contributed by atoms with Gasteiger partial charge in [-0.25, -0.2) is 0 Å². The number of allylic oxidation sites excluding steroid dienone is 1. The van der Waals surface area contributed by atoms with Crippen LogP contribution in [0.15, 0.2) is 12.2 Å². The lowest BCUT2D eigenvalue weighted by atomic mass is 9.88. The van der Waals surface area contributed by atoms with Crippen molar-refractivity contribution in [3.05, 3.63) is 12.2 Å². The first-order valence-corrected chi connectivity index (χ1v) is 5.48. The number of rotatable bonds is 0. The second-order valence-corrected chi connectivity index (χ2v) is 4.90. The SMILES string of the molecule is C[C@@H]1C2CC(CC(=O)/C=C\C2O)[C@@H]1C. The topological polar surface area (TPSA) is 37.3 Å². The molecule has 2 aliphatic rings. The van der Waals surface area contributed by atoms with Crippen LogP contribution in [0.2, 0.25) is 0 Å². The molecule has 0 saturated heterocycles. The maximum Gasteiger partial charge on any atom is 0.155 e. The molecule has 78 valence electrons. The molecule has 1 saturated carbocycles. The van der Waals surface area contributed by atoms with Gasteiger partial charge >= 0.3 is 0 Å². The number of fused-ring (bicyclic) bond motifs is 2. The van der Waals surface area contributed by atoms with Gasteiger partial charge in [-0.05, 0) is 36.2 Å². The van der Waals surface area contributed by atoms with Gasteiger partial charge in [-0.2, -0.15) is 0 Å². The molecule has 1 N–H and O–H groups in total. The molecular formula is C12H18O2. The summed E-state index contributed by atoms with van der Waals surface area (Å²) in [5, 5.41) is 9.87. The molecule has 2 rings (SSSR count). The Morgan fingerprint density at radius 3 is 2.79 bits per heavy atom. The molecule has 0 heterocycles. The summed E-state index contributed by atoms with van der Waals surface area (Å²) >= 11 is 0. The molecule has 3 unspecified atom stereocenters. The molecule has 0 amide bonds. The lowest BCUT2D eigenvalue weighted by Crippen LogP contribution is -2.22. The van der Waals surface area contributed by atoms with Crippen LogP contribution in [-0.2, 0) is 4.79 Å². The van der Waals surface area contributed by atoms with Gasteiger partial charge in [0.15, 0.2) is 5.78 Å². The molecule has 0 aromatic carbocycles. The van der Waals surface area contributed by atoms with E-state index in [2.05, 4.69) is 13.8 Å². The number of aliphatic hydroxyl groups is 1. The van der Waals surface area contributed by atoms with Gasteiger partial charge in [0.2, 0.25) is 0 Å². The monoisotopic (exact) mass is 194 g/mol. The normalized spacial score (nSPS) is 49.9. The minimum atomic E-state index is -0.415. The van der Waals surface area contributed by atoms with Crippen LogP contribution < -0.4 is 0 Å². The van der Waals surface area contributed by atoms with Gasteiger partial charge in [0.25, 0.3) is 0 Å². The Balaban J connectivity index is 2.26. The van der Waals surface area contributed by atoms with Gasteiger partial charge in [0, 0.05) is 6.42 Å². The minimum Gasteiger partial charge on any atom is -0.389 e. The molecule has 2 heteroatoms. The van der Waals surface area contributed by atoms with E-state index in [1.807, 2.05) is 0 Å². The molecule has 5 atom stereocenters. The first-order valence-electron chi connectivity index (χ1n) is 5.48. The highest BCUT2D eigenvalue weighted by molar-refractivity contribution is 5.90. The first-order chi connectivity index (χ1) is 6.59. The third-order valence-electron chi connectivity index (χ3n) is 4.20. The van der Waals surface area contributed by atoms with Gasteiger partial charge in [0.05, 0.1) is 6.10 Å². The highest BCUT2D eigenvalue weighted by Gasteiger charge is 2.41. The Morgan fingerprint density at radius 1 is 1.36 bits per heavy atom. The summed E-state index contributed by atoms with van der Waals surface area (Å²) in [7, 11) is 0. The summed E-state index contributed by atoms with van der Waals surface area (Å²) < 4.78 is 0. The van der Waals surface area contributed by atoms with Crippen molar-refractivity contribution in [2.24, 2.45) is 23.7 Å². The molecule has 0 spiro atoms. The van der Waals surface area contributed by atoms with E-state index in [4.69, 9.17) is 0 Å².